The van der Waals surface area contributed by atoms with Gasteiger partial charge in [-0.1, -0.05) is 12.1 Å². The van der Waals surface area contributed by atoms with Crippen LogP contribution in [0.4, 0.5) is 4.39 Å². The molecule has 1 atom stereocenters. The molecule has 0 saturated carbocycles. The van der Waals surface area contributed by atoms with Crippen molar-refractivity contribution in [1.82, 2.24) is 9.80 Å². The largest absolute Gasteiger partial charge is 0.334 e. The number of likely N-dealkylation sites (tertiary alicyclic amines) is 2. The molecule has 1 aromatic carbocycles. The highest BCUT2D eigenvalue weighted by Crippen LogP contribution is 2.34. The van der Waals surface area contributed by atoms with Crippen molar-refractivity contribution in [3.8, 4) is 0 Å². The Labute approximate surface area is 153 Å². The molecular formula is C20H25FN2OS. The summed E-state index contributed by atoms with van der Waals surface area (Å²) >= 11 is 1.76. The van der Waals surface area contributed by atoms with E-state index < -0.39 is 0 Å². The summed E-state index contributed by atoms with van der Waals surface area (Å²) in [6.07, 6.45) is 7.75. The number of hydrogen-bond acceptors (Lipinski definition) is 3. The summed E-state index contributed by atoms with van der Waals surface area (Å²) in [6.45, 7) is 3.96. The van der Waals surface area contributed by atoms with Crippen molar-refractivity contribution in [1.29, 1.82) is 0 Å². The van der Waals surface area contributed by atoms with E-state index in [2.05, 4.69) is 11.0 Å². The van der Waals surface area contributed by atoms with Crippen molar-refractivity contribution >= 4 is 22.6 Å². The number of thioether (sulfide) groups is 1. The van der Waals surface area contributed by atoms with Crippen LogP contribution in [0.25, 0.3) is 4.91 Å². The maximum absolute atomic E-state index is 14.6. The van der Waals surface area contributed by atoms with Gasteiger partial charge in [0.1, 0.15) is 5.82 Å². The fourth-order valence-electron chi connectivity index (χ4n) is 4.17. The molecule has 1 aromatic rings. The van der Waals surface area contributed by atoms with Gasteiger partial charge >= 0.3 is 0 Å². The second-order valence-electron chi connectivity index (χ2n) is 7.20. The third kappa shape index (κ3) is 3.63. The molecule has 0 radical (unpaired) electrons. The Morgan fingerprint density at radius 1 is 1.20 bits per heavy atom. The summed E-state index contributed by atoms with van der Waals surface area (Å²) in [5.74, 6) is 0.533. The molecule has 3 heterocycles. The number of nitrogens with zero attached hydrogens (tertiary/aromatic N) is 2. The highest BCUT2D eigenvalue weighted by molar-refractivity contribution is 8.08. The monoisotopic (exact) mass is 360 g/mol. The smallest absolute Gasteiger partial charge is 0.257 e. The van der Waals surface area contributed by atoms with Crippen LogP contribution >= 0.6 is 11.8 Å². The molecule has 3 aliphatic heterocycles. The molecule has 134 valence electrons. The number of carbonyl (C=O) groups is 1. The minimum atomic E-state index is -0.386. The van der Waals surface area contributed by atoms with Crippen LogP contribution in [-0.4, -0.2) is 53.7 Å². The molecule has 2 saturated heterocycles. The lowest BCUT2D eigenvalue weighted by molar-refractivity contribution is 0.0704. The molecule has 0 bridgehead atoms. The zero-order valence-electron chi connectivity index (χ0n) is 14.5. The molecule has 0 aliphatic carbocycles. The first-order valence-corrected chi connectivity index (χ1v) is 10.4. The van der Waals surface area contributed by atoms with E-state index in [9.17, 15) is 9.18 Å². The third-order valence-electron chi connectivity index (χ3n) is 5.49. The van der Waals surface area contributed by atoms with E-state index in [-0.39, 0.29) is 23.3 Å². The van der Waals surface area contributed by atoms with Gasteiger partial charge in [-0.05, 0) is 62.9 Å². The summed E-state index contributed by atoms with van der Waals surface area (Å²) < 4.78 is 14.6. The highest BCUT2D eigenvalue weighted by atomic mass is 32.2. The zero-order valence-corrected chi connectivity index (χ0v) is 15.4. The first-order valence-electron chi connectivity index (χ1n) is 9.38. The lowest BCUT2D eigenvalue weighted by Crippen LogP contribution is -2.42. The normalized spacial score (nSPS) is 24.1. The van der Waals surface area contributed by atoms with Gasteiger partial charge < -0.3 is 9.80 Å². The number of amides is 1. The molecule has 0 aromatic heterocycles. The highest BCUT2D eigenvalue weighted by Gasteiger charge is 2.32. The molecule has 3 aliphatic rings. The van der Waals surface area contributed by atoms with Crippen molar-refractivity contribution < 1.29 is 9.18 Å². The number of rotatable bonds is 4. The van der Waals surface area contributed by atoms with E-state index in [1.807, 2.05) is 11.0 Å². The third-order valence-corrected chi connectivity index (χ3v) is 6.65. The van der Waals surface area contributed by atoms with Gasteiger partial charge in [0, 0.05) is 29.8 Å². The van der Waals surface area contributed by atoms with E-state index >= 15 is 0 Å². The van der Waals surface area contributed by atoms with Crippen LogP contribution in [0.15, 0.2) is 24.3 Å². The van der Waals surface area contributed by atoms with E-state index in [1.165, 1.54) is 18.9 Å². The zero-order chi connectivity index (χ0) is 17.2. The lowest BCUT2D eigenvalue weighted by Gasteiger charge is -2.28. The summed E-state index contributed by atoms with van der Waals surface area (Å²) in [7, 11) is 0. The minimum absolute atomic E-state index is 0.140. The molecule has 25 heavy (non-hydrogen) atoms. The molecule has 0 spiro atoms. The number of carbonyl (C=O) groups excluding carboxylic acids is 1. The van der Waals surface area contributed by atoms with E-state index in [4.69, 9.17) is 0 Å². The molecule has 2 fully saturated rings. The van der Waals surface area contributed by atoms with Crippen LogP contribution in [0.2, 0.25) is 0 Å². The quantitative estimate of drug-likeness (QED) is 0.811. The molecule has 3 nitrogen and oxygen atoms in total. The molecule has 4 rings (SSSR count). The maximum atomic E-state index is 14.6. The Morgan fingerprint density at radius 3 is 2.76 bits per heavy atom. The lowest BCUT2D eigenvalue weighted by atomic mass is 10.1. The summed E-state index contributed by atoms with van der Waals surface area (Å²) in [5, 5.41) is 0. The van der Waals surface area contributed by atoms with Gasteiger partial charge in [-0.2, -0.15) is 0 Å². The van der Waals surface area contributed by atoms with E-state index in [0.717, 1.165) is 61.7 Å². The molecule has 1 amide bonds. The number of benzene rings is 1. The average molecular weight is 360 g/mol. The van der Waals surface area contributed by atoms with E-state index in [0.29, 0.717) is 0 Å². The standard InChI is InChI=1S/C20H25FN2OS/c21-18-13-15(19-6-4-12-25-19)7-8-17(18)20(24)23-11-3-5-16(23)14-22-9-1-2-10-22/h6-8,13,16H,1-5,9-12,14H2/t16-/m0/s1. The van der Waals surface area contributed by atoms with Crippen LogP contribution < -0.4 is 0 Å². The topological polar surface area (TPSA) is 23.6 Å². The Hall–Kier alpha value is -1.33. The summed E-state index contributed by atoms with van der Waals surface area (Å²) in [6, 6.07) is 5.34. The van der Waals surface area contributed by atoms with Crippen LogP contribution in [0.5, 0.6) is 0 Å². The van der Waals surface area contributed by atoms with Gasteiger partial charge in [-0.15, -0.1) is 11.8 Å². The predicted molar refractivity (Wildman–Crippen MR) is 101 cm³/mol. The van der Waals surface area contributed by atoms with Crippen LogP contribution in [0.3, 0.4) is 0 Å². The Bertz CT molecular complexity index is 684. The van der Waals surface area contributed by atoms with Crippen LogP contribution in [0, 0.1) is 5.82 Å². The van der Waals surface area contributed by atoms with Crippen molar-refractivity contribution in [2.24, 2.45) is 0 Å². The summed E-state index contributed by atoms with van der Waals surface area (Å²) in [5.41, 5.74) is 1.12. The molecule has 0 unspecified atom stereocenters. The van der Waals surface area contributed by atoms with Crippen LogP contribution in [0.1, 0.15) is 48.0 Å². The van der Waals surface area contributed by atoms with Gasteiger partial charge in [0.2, 0.25) is 0 Å². The second kappa shape index (κ2) is 7.50. The number of halogens is 1. The molecular weight excluding hydrogens is 335 g/mol. The van der Waals surface area contributed by atoms with Crippen molar-refractivity contribution in [3.05, 3.63) is 41.2 Å². The minimum Gasteiger partial charge on any atom is -0.334 e. The number of allylic oxidation sites excluding steroid dienone is 1. The Morgan fingerprint density at radius 2 is 2.04 bits per heavy atom. The molecule has 5 heteroatoms. The number of hydrogen-bond donors (Lipinski definition) is 0. The maximum Gasteiger partial charge on any atom is 0.257 e. The average Bonchev–Trinajstić information content (AvgIpc) is 3.37. The molecule has 0 N–H and O–H groups in total. The fourth-order valence-corrected chi connectivity index (χ4v) is 5.16. The van der Waals surface area contributed by atoms with Gasteiger partial charge in [0.15, 0.2) is 0 Å². The first kappa shape index (κ1) is 17.1. The van der Waals surface area contributed by atoms with Gasteiger partial charge in [-0.25, -0.2) is 4.39 Å². The first-order chi connectivity index (χ1) is 12.2. The van der Waals surface area contributed by atoms with Gasteiger partial charge in [0.25, 0.3) is 5.91 Å². The fraction of sp³-hybridized carbons (Fsp3) is 0.550. The van der Waals surface area contributed by atoms with Gasteiger partial charge in [-0.3, -0.25) is 4.79 Å². The van der Waals surface area contributed by atoms with Crippen LogP contribution in [-0.2, 0) is 0 Å². The summed E-state index contributed by atoms with van der Waals surface area (Å²) in [4.78, 5) is 18.4. The predicted octanol–water partition coefficient (Wildman–Crippen LogP) is 4.00. The van der Waals surface area contributed by atoms with Crippen molar-refractivity contribution in [3.63, 3.8) is 0 Å². The van der Waals surface area contributed by atoms with Gasteiger partial charge in [0.05, 0.1) is 5.56 Å². The van der Waals surface area contributed by atoms with E-state index in [1.54, 1.807) is 17.8 Å². The van der Waals surface area contributed by atoms with Crippen molar-refractivity contribution in [2.75, 3.05) is 31.9 Å². The Balaban J connectivity index is 1.49. The Kier molecular flexibility index (Phi) is 5.13. The SMILES string of the molecule is O=C(c1ccc(C2=CCCS2)cc1F)N1CCC[C@H]1CN1CCCC1. The second-order valence-corrected chi connectivity index (χ2v) is 8.34. The van der Waals surface area contributed by atoms with Crippen molar-refractivity contribution in [2.45, 2.75) is 38.1 Å².